The van der Waals surface area contributed by atoms with Crippen LogP contribution in [0, 0.1) is 6.17 Å². The zero-order valence-corrected chi connectivity index (χ0v) is 19.7. The van der Waals surface area contributed by atoms with Crippen molar-refractivity contribution in [1.82, 2.24) is 0 Å². The van der Waals surface area contributed by atoms with Gasteiger partial charge in [0.05, 0.1) is 0 Å². The molecule has 1 aromatic rings. The quantitative estimate of drug-likeness (QED) is 0.171. The van der Waals surface area contributed by atoms with Gasteiger partial charge in [0.2, 0.25) is 6.17 Å². The van der Waals surface area contributed by atoms with Crippen LogP contribution in [-0.2, 0) is 0 Å². The first-order valence-electron chi connectivity index (χ1n) is 12.9. The molecule has 0 fully saturated rings. The summed E-state index contributed by atoms with van der Waals surface area (Å²) in [5.41, 5.74) is 2.65. The molecule has 1 aliphatic rings. The van der Waals surface area contributed by atoms with Crippen LogP contribution in [0.1, 0.15) is 134 Å². The van der Waals surface area contributed by atoms with Gasteiger partial charge >= 0.3 is 0 Å². The molecule has 0 saturated heterocycles. The van der Waals surface area contributed by atoms with E-state index in [1.807, 2.05) is 0 Å². The van der Waals surface area contributed by atoms with E-state index in [0.29, 0.717) is 5.92 Å². The van der Waals surface area contributed by atoms with Crippen molar-refractivity contribution < 1.29 is 0 Å². The molecule has 2 heteroatoms. The Hall–Kier alpha value is -1.57. The fraction of sp³-hybridized carbons (Fsp3) is 0.679. The Labute approximate surface area is 186 Å². The number of aliphatic imine (C=N–C) groups is 2. The van der Waals surface area contributed by atoms with E-state index < -0.39 is 0 Å². The average Bonchev–Trinajstić information content (AvgIpc) is 3.31. The third-order valence-corrected chi connectivity index (χ3v) is 6.41. The molecule has 0 saturated carbocycles. The Balaban J connectivity index is 1.78. The summed E-state index contributed by atoms with van der Waals surface area (Å²) in [7, 11) is 0. The van der Waals surface area contributed by atoms with Crippen molar-refractivity contribution in [3.05, 3.63) is 41.6 Å². The van der Waals surface area contributed by atoms with Crippen LogP contribution in [0.15, 0.2) is 34.3 Å². The fourth-order valence-corrected chi connectivity index (χ4v) is 4.47. The summed E-state index contributed by atoms with van der Waals surface area (Å²) in [6.07, 6.45) is 26.6. The minimum atomic E-state index is 0.714. The molecule has 0 N–H and O–H groups in total. The molecule has 2 nitrogen and oxygen atoms in total. The molecule has 0 bridgehead atoms. The maximum absolute atomic E-state index is 4.33. The molecule has 0 amide bonds. The molecule has 1 aliphatic heterocycles. The third-order valence-electron chi connectivity index (χ3n) is 6.41. The topological polar surface area (TPSA) is 24.7 Å². The van der Waals surface area contributed by atoms with E-state index in [2.05, 4.69) is 48.1 Å². The van der Waals surface area contributed by atoms with Gasteiger partial charge in [-0.15, -0.1) is 9.98 Å². The normalized spacial score (nSPS) is 13.1. The van der Waals surface area contributed by atoms with E-state index in [0.717, 1.165) is 11.7 Å². The Bertz CT molecular complexity index is 557. The second-order valence-corrected chi connectivity index (χ2v) is 9.02. The molecule has 1 heterocycles. The van der Waals surface area contributed by atoms with E-state index in [1.165, 1.54) is 108 Å². The van der Waals surface area contributed by atoms with E-state index in [-0.39, 0.29) is 0 Å². The highest BCUT2D eigenvalue weighted by Crippen LogP contribution is 2.30. The average molecular weight is 410 g/mol. The van der Waals surface area contributed by atoms with Gasteiger partial charge in [-0.3, -0.25) is 0 Å². The van der Waals surface area contributed by atoms with Crippen molar-refractivity contribution in [1.29, 1.82) is 0 Å². The monoisotopic (exact) mass is 409 g/mol. The molecule has 0 spiro atoms. The Morgan fingerprint density at radius 3 is 1.50 bits per heavy atom. The van der Waals surface area contributed by atoms with Crippen LogP contribution < -0.4 is 0 Å². The molecule has 166 valence electrons. The number of benzene rings is 1. The summed E-state index contributed by atoms with van der Waals surface area (Å²) in [4.78, 5) is 8.66. The number of hydrogen-bond acceptors (Lipinski definition) is 2. The minimum absolute atomic E-state index is 0.714. The van der Waals surface area contributed by atoms with Crippen molar-refractivity contribution in [2.45, 2.75) is 122 Å². The highest BCUT2D eigenvalue weighted by atomic mass is 15.0. The molecule has 1 aromatic carbocycles. The summed E-state index contributed by atoms with van der Waals surface area (Å²) in [6.45, 7) is 4.59. The fourth-order valence-electron chi connectivity index (χ4n) is 4.47. The van der Waals surface area contributed by atoms with E-state index in [1.54, 1.807) is 12.4 Å². The molecule has 0 aromatic heterocycles. The van der Waals surface area contributed by atoms with Gasteiger partial charge in [-0.1, -0.05) is 104 Å². The Morgan fingerprint density at radius 1 is 0.600 bits per heavy atom. The lowest BCUT2D eigenvalue weighted by Gasteiger charge is -2.17. The van der Waals surface area contributed by atoms with E-state index in [4.69, 9.17) is 0 Å². The van der Waals surface area contributed by atoms with Gasteiger partial charge in [0.1, 0.15) is 18.0 Å². The SMILES string of the molecule is CCCCCCCCCC(CCCCCCCCC)c1ccc([C+]2N=CC=N2)cc1. The second-order valence-electron chi connectivity index (χ2n) is 9.02. The first-order chi connectivity index (χ1) is 14.8. The lowest BCUT2D eigenvalue weighted by molar-refractivity contribution is 0.484. The molecule has 0 atom stereocenters. The molecule has 0 unspecified atom stereocenters. The number of unbranched alkanes of at least 4 members (excludes halogenated alkanes) is 12. The predicted octanol–water partition coefficient (Wildman–Crippen LogP) is 9.04. The Kier molecular flexibility index (Phi) is 13.3. The third kappa shape index (κ3) is 9.96. The van der Waals surface area contributed by atoms with Gasteiger partial charge < -0.3 is 0 Å². The molecule has 2 rings (SSSR count). The van der Waals surface area contributed by atoms with Crippen molar-refractivity contribution >= 4 is 12.4 Å². The van der Waals surface area contributed by atoms with Gasteiger partial charge in [-0.25, -0.2) is 0 Å². The van der Waals surface area contributed by atoms with Crippen molar-refractivity contribution in [2.75, 3.05) is 0 Å². The number of hydrogen-bond donors (Lipinski definition) is 0. The maximum atomic E-state index is 4.33. The molecule has 0 radical (unpaired) electrons. The first-order valence-corrected chi connectivity index (χ1v) is 12.9. The van der Waals surface area contributed by atoms with Crippen LogP contribution in [0.2, 0.25) is 0 Å². The van der Waals surface area contributed by atoms with Crippen LogP contribution in [0.3, 0.4) is 0 Å². The summed E-state index contributed by atoms with van der Waals surface area (Å²) >= 11 is 0. The molecule has 0 aliphatic carbocycles. The lowest BCUT2D eigenvalue weighted by Crippen LogP contribution is -2.01. The molecular weight excluding hydrogens is 364 g/mol. The number of nitrogens with zero attached hydrogens (tertiary/aromatic N) is 2. The highest BCUT2D eigenvalue weighted by Gasteiger charge is 2.19. The summed E-state index contributed by atoms with van der Waals surface area (Å²) in [5, 5.41) is 0. The van der Waals surface area contributed by atoms with Gasteiger partial charge in [0, 0.05) is 12.1 Å². The van der Waals surface area contributed by atoms with Gasteiger partial charge in [-0.2, -0.15) is 0 Å². The predicted molar refractivity (Wildman–Crippen MR) is 134 cm³/mol. The standard InChI is InChI=1S/C28H45N2/c1-3-5-7-9-11-13-15-17-25(18-16-14-12-10-8-6-4-2)26-19-21-27(22-20-26)28-29-23-24-30-28/h19-25H,3-18H2,1-2H3/q+1. The minimum Gasteiger partial charge on any atom is -0.147 e. The number of rotatable bonds is 18. The largest absolute Gasteiger partial charge is 0.243 e. The van der Waals surface area contributed by atoms with Crippen LogP contribution >= 0.6 is 0 Å². The van der Waals surface area contributed by atoms with Gasteiger partial charge in [0.15, 0.2) is 0 Å². The zero-order chi connectivity index (χ0) is 21.3. The van der Waals surface area contributed by atoms with Crippen molar-refractivity contribution in [3.63, 3.8) is 0 Å². The van der Waals surface area contributed by atoms with Crippen LogP contribution in [0.25, 0.3) is 0 Å². The van der Waals surface area contributed by atoms with Gasteiger partial charge in [-0.05, 0) is 36.5 Å². The zero-order valence-electron chi connectivity index (χ0n) is 19.7. The highest BCUT2D eigenvalue weighted by molar-refractivity contribution is 6.18. The summed E-state index contributed by atoms with van der Waals surface area (Å²) in [6, 6.07) is 9.10. The second kappa shape index (κ2) is 16.2. The van der Waals surface area contributed by atoms with Crippen LogP contribution in [-0.4, -0.2) is 12.4 Å². The Morgan fingerprint density at radius 2 is 1.03 bits per heavy atom. The molecule has 30 heavy (non-hydrogen) atoms. The first kappa shape index (κ1) is 24.7. The van der Waals surface area contributed by atoms with E-state index >= 15 is 0 Å². The smallest absolute Gasteiger partial charge is 0.147 e. The summed E-state index contributed by atoms with van der Waals surface area (Å²) in [5.74, 6) is 0.714. The molecular formula is C28H45N2+. The maximum Gasteiger partial charge on any atom is 0.243 e. The van der Waals surface area contributed by atoms with Crippen molar-refractivity contribution in [2.24, 2.45) is 9.98 Å². The van der Waals surface area contributed by atoms with E-state index in [9.17, 15) is 0 Å². The van der Waals surface area contributed by atoms with Crippen molar-refractivity contribution in [3.8, 4) is 0 Å². The van der Waals surface area contributed by atoms with Gasteiger partial charge in [0.25, 0.3) is 0 Å². The lowest BCUT2D eigenvalue weighted by atomic mass is 9.87. The van der Waals surface area contributed by atoms with Crippen LogP contribution in [0.4, 0.5) is 0 Å². The summed E-state index contributed by atoms with van der Waals surface area (Å²) < 4.78 is 0. The van der Waals surface area contributed by atoms with Crippen LogP contribution in [0.5, 0.6) is 0 Å².